The van der Waals surface area contributed by atoms with Gasteiger partial charge in [-0.3, -0.25) is 4.79 Å². The third-order valence-corrected chi connectivity index (χ3v) is 2.33. The first-order chi connectivity index (χ1) is 7.29. The van der Waals surface area contributed by atoms with Gasteiger partial charge in [-0.2, -0.15) is 0 Å². The lowest BCUT2D eigenvalue weighted by Gasteiger charge is -2.26. The standard InChI is InChI=1S/C11H13NO3/c1-14-11(13)6-8-7-15-10-5-3-2-4-9(10)12-8/h2-5,8,12H,6-7H2,1H3. The molecule has 0 saturated carbocycles. The van der Waals surface area contributed by atoms with Crippen LogP contribution in [-0.4, -0.2) is 25.7 Å². The largest absolute Gasteiger partial charge is 0.489 e. The zero-order chi connectivity index (χ0) is 10.7. The summed E-state index contributed by atoms with van der Waals surface area (Å²) < 4.78 is 10.1. The van der Waals surface area contributed by atoms with Gasteiger partial charge in [0.05, 0.1) is 25.3 Å². The van der Waals surface area contributed by atoms with Gasteiger partial charge in [0.15, 0.2) is 0 Å². The number of ether oxygens (including phenoxy) is 2. The summed E-state index contributed by atoms with van der Waals surface area (Å²) >= 11 is 0. The van der Waals surface area contributed by atoms with Gasteiger partial charge in [0.2, 0.25) is 0 Å². The van der Waals surface area contributed by atoms with Crippen molar-refractivity contribution in [1.29, 1.82) is 0 Å². The maximum Gasteiger partial charge on any atom is 0.307 e. The second-order valence-corrected chi connectivity index (χ2v) is 3.43. The molecule has 15 heavy (non-hydrogen) atoms. The van der Waals surface area contributed by atoms with E-state index in [0.29, 0.717) is 13.0 Å². The Morgan fingerprint density at radius 2 is 2.40 bits per heavy atom. The van der Waals surface area contributed by atoms with Crippen LogP contribution in [-0.2, 0) is 9.53 Å². The first-order valence-corrected chi connectivity index (χ1v) is 4.85. The van der Waals surface area contributed by atoms with Gasteiger partial charge in [0.1, 0.15) is 12.4 Å². The number of esters is 1. The number of anilines is 1. The van der Waals surface area contributed by atoms with Crippen molar-refractivity contribution >= 4 is 11.7 Å². The summed E-state index contributed by atoms with van der Waals surface area (Å²) in [6, 6.07) is 7.67. The summed E-state index contributed by atoms with van der Waals surface area (Å²) in [7, 11) is 1.39. The Bertz CT molecular complexity index is 365. The number of fused-ring (bicyclic) bond motifs is 1. The molecule has 1 aliphatic heterocycles. The summed E-state index contributed by atoms with van der Waals surface area (Å²) in [6.07, 6.45) is 0.324. The number of benzene rings is 1. The van der Waals surface area contributed by atoms with Crippen LogP contribution in [0.2, 0.25) is 0 Å². The molecular formula is C11H13NO3. The lowest BCUT2D eigenvalue weighted by Crippen LogP contribution is -2.33. The minimum Gasteiger partial charge on any atom is -0.489 e. The van der Waals surface area contributed by atoms with Crippen molar-refractivity contribution < 1.29 is 14.3 Å². The molecule has 0 bridgehead atoms. The summed E-state index contributed by atoms with van der Waals surface area (Å²) in [5.41, 5.74) is 0.928. The number of carbonyl (C=O) groups excluding carboxylic acids is 1. The highest BCUT2D eigenvalue weighted by Crippen LogP contribution is 2.28. The Kier molecular flexibility index (Phi) is 2.76. The van der Waals surface area contributed by atoms with Crippen molar-refractivity contribution in [3.8, 4) is 5.75 Å². The van der Waals surface area contributed by atoms with Crippen molar-refractivity contribution in [1.82, 2.24) is 0 Å². The Hall–Kier alpha value is -1.71. The molecule has 0 aromatic heterocycles. The van der Waals surface area contributed by atoms with Gasteiger partial charge in [0.25, 0.3) is 0 Å². The van der Waals surface area contributed by atoms with Crippen LogP contribution < -0.4 is 10.1 Å². The molecule has 1 aliphatic rings. The molecular weight excluding hydrogens is 194 g/mol. The Labute approximate surface area is 88.2 Å². The molecule has 1 heterocycles. The number of nitrogens with one attached hydrogen (secondary N) is 1. The summed E-state index contributed by atoms with van der Waals surface area (Å²) in [4.78, 5) is 11.1. The second-order valence-electron chi connectivity index (χ2n) is 3.43. The molecule has 0 aliphatic carbocycles. The molecule has 1 N–H and O–H groups in total. The number of methoxy groups -OCH3 is 1. The summed E-state index contributed by atoms with van der Waals surface area (Å²) in [5.74, 6) is 0.606. The van der Waals surface area contributed by atoms with E-state index < -0.39 is 0 Å². The average molecular weight is 207 g/mol. The van der Waals surface area contributed by atoms with E-state index in [9.17, 15) is 4.79 Å². The van der Waals surface area contributed by atoms with E-state index in [4.69, 9.17) is 4.74 Å². The van der Waals surface area contributed by atoms with Crippen LogP contribution in [0.25, 0.3) is 0 Å². The molecule has 1 unspecified atom stereocenters. The summed E-state index contributed by atoms with van der Waals surface area (Å²) in [6.45, 7) is 0.492. The number of rotatable bonds is 2. The minimum absolute atomic E-state index is 0.00708. The molecule has 4 nitrogen and oxygen atoms in total. The van der Waals surface area contributed by atoms with Gasteiger partial charge in [0, 0.05) is 0 Å². The molecule has 1 atom stereocenters. The topological polar surface area (TPSA) is 47.6 Å². The lowest BCUT2D eigenvalue weighted by molar-refractivity contribution is -0.141. The van der Waals surface area contributed by atoms with E-state index in [-0.39, 0.29) is 12.0 Å². The van der Waals surface area contributed by atoms with Gasteiger partial charge in [-0.1, -0.05) is 12.1 Å². The Balaban J connectivity index is 2.02. The average Bonchev–Trinajstić information content (AvgIpc) is 2.29. The predicted octanol–water partition coefficient (Wildman–Crippen LogP) is 1.42. The number of hydrogen-bond acceptors (Lipinski definition) is 4. The highest BCUT2D eigenvalue weighted by molar-refractivity contribution is 5.71. The first-order valence-electron chi connectivity index (χ1n) is 4.85. The molecule has 0 fully saturated rings. The maximum absolute atomic E-state index is 11.1. The van der Waals surface area contributed by atoms with Crippen LogP contribution in [0, 0.1) is 0 Å². The van der Waals surface area contributed by atoms with Gasteiger partial charge in [-0.15, -0.1) is 0 Å². The van der Waals surface area contributed by atoms with Crippen molar-refractivity contribution in [3.05, 3.63) is 24.3 Å². The molecule has 1 aromatic carbocycles. The lowest BCUT2D eigenvalue weighted by atomic mass is 10.1. The van der Waals surface area contributed by atoms with Gasteiger partial charge in [-0.05, 0) is 12.1 Å². The zero-order valence-corrected chi connectivity index (χ0v) is 8.53. The fraction of sp³-hybridized carbons (Fsp3) is 0.364. The van der Waals surface area contributed by atoms with Crippen LogP contribution in [0.4, 0.5) is 5.69 Å². The van der Waals surface area contributed by atoms with E-state index in [1.807, 2.05) is 24.3 Å². The number of carbonyl (C=O) groups is 1. The monoisotopic (exact) mass is 207 g/mol. The molecule has 80 valence electrons. The zero-order valence-electron chi connectivity index (χ0n) is 8.53. The first kappa shape index (κ1) is 9.83. The minimum atomic E-state index is -0.226. The maximum atomic E-state index is 11.1. The van der Waals surface area contributed by atoms with Crippen molar-refractivity contribution in [3.63, 3.8) is 0 Å². The third kappa shape index (κ3) is 2.21. The van der Waals surface area contributed by atoms with Crippen molar-refractivity contribution in [2.24, 2.45) is 0 Å². The molecule has 0 amide bonds. The Morgan fingerprint density at radius 3 is 3.20 bits per heavy atom. The quantitative estimate of drug-likeness (QED) is 0.745. The summed E-state index contributed by atoms with van der Waals surface area (Å²) in [5, 5.41) is 3.24. The molecule has 0 saturated heterocycles. The smallest absolute Gasteiger partial charge is 0.307 e. The third-order valence-electron chi connectivity index (χ3n) is 2.33. The van der Waals surface area contributed by atoms with E-state index in [1.165, 1.54) is 7.11 Å². The second kappa shape index (κ2) is 4.21. The molecule has 0 spiro atoms. The Morgan fingerprint density at radius 1 is 1.60 bits per heavy atom. The van der Waals surface area contributed by atoms with Crippen LogP contribution in [0.3, 0.4) is 0 Å². The van der Waals surface area contributed by atoms with Gasteiger partial charge < -0.3 is 14.8 Å². The van der Waals surface area contributed by atoms with E-state index in [2.05, 4.69) is 10.1 Å². The van der Waals surface area contributed by atoms with Crippen LogP contribution in [0.15, 0.2) is 24.3 Å². The predicted molar refractivity (Wildman–Crippen MR) is 56.0 cm³/mol. The fourth-order valence-electron chi connectivity index (χ4n) is 1.56. The van der Waals surface area contributed by atoms with Gasteiger partial charge >= 0.3 is 5.97 Å². The number of para-hydroxylation sites is 2. The van der Waals surface area contributed by atoms with Crippen molar-refractivity contribution in [2.45, 2.75) is 12.5 Å². The molecule has 1 aromatic rings. The highest BCUT2D eigenvalue weighted by atomic mass is 16.5. The van der Waals surface area contributed by atoms with E-state index in [0.717, 1.165) is 11.4 Å². The van der Waals surface area contributed by atoms with Gasteiger partial charge in [-0.25, -0.2) is 0 Å². The van der Waals surface area contributed by atoms with Crippen molar-refractivity contribution in [2.75, 3.05) is 19.0 Å². The molecule has 2 rings (SSSR count). The highest BCUT2D eigenvalue weighted by Gasteiger charge is 2.20. The molecule has 0 radical (unpaired) electrons. The normalized spacial score (nSPS) is 18.3. The fourth-order valence-corrected chi connectivity index (χ4v) is 1.56. The van der Waals surface area contributed by atoms with E-state index >= 15 is 0 Å². The van der Waals surface area contributed by atoms with E-state index in [1.54, 1.807) is 0 Å². The molecule has 4 heteroatoms. The number of hydrogen-bond donors (Lipinski definition) is 1. The SMILES string of the molecule is COC(=O)CC1COc2ccccc2N1. The van der Waals surface area contributed by atoms with Crippen LogP contribution >= 0.6 is 0 Å². The van der Waals surface area contributed by atoms with Crippen LogP contribution in [0.1, 0.15) is 6.42 Å². The van der Waals surface area contributed by atoms with Crippen LogP contribution in [0.5, 0.6) is 5.75 Å².